The third kappa shape index (κ3) is 3.32. The van der Waals surface area contributed by atoms with Crippen molar-refractivity contribution >= 4 is 15.7 Å². The van der Waals surface area contributed by atoms with E-state index in [-0.39, 0.29) is 4.90 Å². The van der Waals surface area contributed by atoms with Crippen molar-refractivity contribution in [3.05, 3.63) is 30.0 Å². The molecule has 0 aromatic carbocycles. The van der Waals surface area contributed by atoms with E-state index in [1.165, 1.54) is 31.1 Å². The van der Waals surface area contributed by atoms with Crippen LogP contribution in [-0.4, -0.2) is 26.2 Å². The number of anilines is 1. The molecule has 0 fully saturated rings. The summed E-state index contributed by atoms with van der Waals surface area (Å²) < 4.78 is 23.2. The number of aromatic nitrogens is 1. The van der Waals surface area contributed by atoms with Crippen LogP contribution in [0, 0.1) is 0 Å². The van der Waals surface area contributed by atoms with Crippen LogP contribution in [0.5, 0.6) is 0 Å². The van der Waals surface area contributed by atoms with Gasteiger partial charge in [-0.05, 0) is 37.8 Å². The van der Waals surface area contributed by atoms with Crippen molar-refractivity contribution in [3.63, 3.8) is 0 Å². The molecule has 1 heterocycles. The van der Waals surface area contributed by atoms with Crippen molar-refractivity contribution in [1.29, 1.82) is 0 Å². The number of hydrogen-bond donors (Lipinski definition) is 1. The van der Waals surface area contributed by atoms with Gasteiger partial charge in [0.25, 0.3) is 0 Å². The van der Waals surface area contributed by atoms with E-state index in [2.05, 4.69) is 16.4 Å². The molecule has 4 nitrogen and oxygen atoms in total. The van der Waals surface area contributed by atoms with E-state index in [9.17, 15) is 8.42 Å². The Labute approximate surface area is 108 Å². The lowest BCUT2D eigenvalue weighted by atomic mass is 10.2. The fourth-order valence-electron chi connectivity index (χ4n) is 2.13. The van der Waals surface area contributed by atoms with Gasteiger partial charge in [-0.1, -0.05) is 11.6 Å². The Morgan fingerprint density at radius 1 is 1.44 bits per heavy atom. The second kappa shape index (κ2) is 5.52. The van der Waals surface area contributed by atoms with E-state index in [0.29, 0.717) is 5.82 Å². The third-order valence-electron chi connectivity index (χ3n) is 3.04. The average Bonchev–Trinajstić information content (AvgIpc) is 2.81. The standard InChI is InChI=1S/C13H18N2O2S/c1-18(16,17)12-7-4-9-14-13(12)15-10-8-11-5-2-3-6-11/h4-5,7,9H,2-3,6,8,10H2,1H3,(H,14,15). The Morgan fingerprint density at radius 3 is 2.94 bits per heavy atom. The van der Waals surface area contributed by atoms with Gasteiger partial charge in [-0.15, -0.1) is 0 Å². The zero-order chi connectivity index (χ0) is 13.0. The monoisotopic (exact) mass is 266 g/mol. The van der Waals surface area contributed by atoms with Gasteiger partial charge in [0.15, 0.2) is 9.84 Å². The number of sulfone groups is 1. The second-order valence-corrected chi connectivity index (χ2v) is 6.54. The van der Waals surface area contributed by atoms with Gasteiger partial charge < -0.3 is 5.32 Å². The largest absolute Gasteiger partial charge is 0.369 e. The van der Waals surface area contributed by atoms with E-state index in [0.717, 1.165) is 13.0 Å². The van der Waals surface area contributed by atoms with E-state index in [1.54, 1.807) is 18.3 Å². The van der Waals surface area contributed by atoms with Gasteiger partial charge in [0.1, 0.15) is 10.7 Å². The second-order valence-electron chi connectivity index (χ2n) is 4.55. The van der Waals surface area contributed by atoms with Crippen LogP contribution >= 0.6 is 0 Å². The average molecular weight is 266 g/mol. The van der Waals surface area contributed by atoms with Gasteiger partial charge in [0, 0.05) is 19.0 Å². The van der Waals surface area contributed by atoms with Gasteiger partial charge in [0.05, 0.1) is 0 Å². The van der Waals surface area contributed by atoms with Gasteiger partial charge in [-0.25, -0.2) is 13.4 Å². The molecule has 1 N–H and O–H groups in total. The minimum atomic E-state index is -3.22. The molecule has 2 rings (SSSR count). The molecule has 1 aliphatic carbocycles. The number of allylic oxidation sites excluding steroid dienone is 1. The fraction of sp³-hybridized carbons (Fsp3) is 0.462. The van der Waals surface area contributed by atoms with Crippen molar-refractivity contribution in [2.24, 2.45) is 0 Å². The molecule has 0 unspecified atom stereocenters. The van der Waals surface area contributed by atoms with Crippen LogP contribution in [0.1, 0.15) is 25.7 Å². The first-order valence-corrected chi connectivity index (χ1v) is 8.03. The van der Waals surface area contributed by atoms with Crippen LogP contribution in [0.3, 0.4) is 0 Å². The van der Waals surface area contributed by atoms with Crippen LogP contribution in [0.15, 0.2) is 34.9 Å². The molecule has 0 amide bonds. The summed E-state index contributed by atoms with van der Waals surface area (Å²) >= 11 is 0. The molecular weight excluding hydrogens is 248 g/mol. The maximum Gasteiger partial charge on any atom is 0.179 e. The number of hydrogen-bond acceptors (Lipinski definition) is 4. The lowest BCUT2D eigenvalue weighted by Crippen LogP contribution is -2.09. The third-order valence-corrected chi connectivity index (χ3v) is 4.17. The Bertz CT molecular complexity index is 550. The van der Waals surface area contributed by atoms with E-state index in [4.69, 9.17) is 0 Å². The van der Waals surface area contributed by atoms with Crippen molar-refractivity contribution in [1.82, 2.24) is 4.98 Å². The van der Waals surface area contributed by atoms with Crippen LogP contribution in [0.4, 0.5) is 5.82 Å². The molecular formula is C13H18N2O2S. The molecule has 0 atom stereocenters. The van der Waals surface area contributed by atoms with Crippen LogP contribution in [-0.2, 0) is 9.84 Å². The maximum absolute atomic E-state index is 11.6. The summed E-state index contributed by atoms with van der Waals surface area (Å²) in [5, 5.41) is 3.12. The van der Waals surface area contributed by atoms with Gasteiger partial charge >= 0.3 is 0 Å². The zero-order valence-corrected chi connectivity index (χ0v) is 11.3. The van der Waals surface area contributed by atoms with E-state index in [1.807, 2.05) is 0 Å². The predicted octanol–water partition coefficient (Wildman–Crippen LogP) is 2.40. The predicted molar refractivity (Wildman–Crippen MR) is 72.4 cm³/mol. The van der Waals surface area contributed by atoms with Crippen molar-refractivity contribution in [3.8, 4) is 0 Å². The molecule has 0 aliphatic heterocycles. The smallest absolute Gasteiger partial charge is 0.179 e. The summed E-state index contributed by atoms with van der Waals surface area (Å²) in [5.41, 5.74) is 1.46. The zero-order valence-electron chi connectivity index (χ0n) is 10.5. The highest BCUT2D eigenvalue weighted by molar-refractivity contribution is 7.90. The molecule has 0 bridgehead atoms. The minimum Gasteiger partial charge on any atom is -0.369 e. The number of pyridine rings is 1. The Morgan fingerprint density at radius 2 is 2.28 bits per heavy atom. The Balaban J connectivity index is 2.01. The first-order chi connectivity index (χ1) is 8.57. The number of nitrogens with zero attached hydrogens (tertiary/aromatic N) is 1. The molecule has 0 radical (unpaired) electrons. The quantitative estimate of drug-likeness (QED) is 0.831. The highest BCUT2D eigenvalue weighted by Gasteiger charge is 2.13. The van der Waals surface area contributed by atoms with Crippen molar-refractivity contribution in [2.45, 2.75) is 30.6 Å². The first-order valence-electron chi connectivity index (χ1n) is 6.14. The minimum absolute atomic E-state index is 0.269. The normalized spacial score (nSPS) is 15.5. The highest BCUT2D eigenvalue weighted by atomic mass is 32.2. The summed E-state index contributed by atoms with van der Waals surface area (Å²) in [5.74, 6) is 0.457. The van der Waals surface area contributed by atoms with E-state index < -0.39 is 9.84 Å². The van der Waals surface area contributed by atoms with Gasteiger partial charge in [-0.2, -0.15) is 0 Å². The summed E-state index contributed by atoms with van der Waals surface area (Å²) in [6.07, 6.45) is 9.63. The molecule has 1 aliphatic rings. The van der Waals surface area contributed by atoms with Gasteiger partial charge in [0.2, 0.25) is 0 Å². The van der Waals surface area contributed by atoms with Gasteiger partial charge in [-0.3, -0.25) is 0 Å². The number of nitrogens with one attached hydrogen (secondary N) is 1. The lowest BCUT2D eigenvalue weighted by Gasteiger charge is -2.09. The van der Waals surface area contributed by atoms with Crippen LogP contribution < -0.4 is 5.32 Å². The van der Waals surface area contributed by atoms with Crippen molar-refractivity contribution in [2.75, 3.05) is 18.1 Å². The molecule has 5 heteroatoms. The molecule has 0 saturated heterocycles. The molecule has 1 aromatic heterocycles. The Hall–Kier alpha value is -1.36. The summed E-state index contributed by atoms with van der Waals surface area (Å²) in [6, 6.07) is 3.22. The van der Waals surface area contributed by atoms with Crippen molar-refractivity contribution < 1.29 is 8.42 Å². The Kier molecular flexibility index (Phi) is 4.01. The molecule has 18 heavy (non-hydrogen) atoms. The topological polar surface area (TPSA) is 59.1 Å². The summed E-state index contributed by atoms with van der Waals surface area (Å²) in [6.45, 7) is 0.728. The molecule has 1 aromatic rings. The SMILES string of the molecule is CS(=O)(=O)c1cccnc1NCCC1=CCCC1. The highest BCUT2D eigenvalue weighted by Crippen LogP contribution is 2.21. The molecule has 0 spiro atoms. The number of rotatable bonds is 5. The fourth-order valence-corrected chi connectivity index (χ4v) is 2.93. The maximum atomic E-state index is 11.6. The van der Waals surface area contributed by atoms with Crippen LogP contribution in [0.2, 0.25) is 0 Å². The lowest BCUT2D eigenvalue weighted by molar-refractivity contribution is 0.602. The summed E-state index contributed by atoms with van der Waals surface area (Å²) in [4.78, 5) is 4.37. The van der Waals surface area contributed by atoms with Crippen LogP contribution in [0.25, 0.3) is 0 Å². The molecule has 98 valence electrons. The first kappa shape index (κ1) is 13.1. The summed E-state index contributed by atoms with van der Waals surface area (Å²) in [7, 11) is -3.22. The molecule has 0 saturated carbocycles. The van der Waals surface area contributed by atoms with E-state index >= 15 is 0 Å².